The molecule has 0 aliphatic heterocycles. The first-order chi connectivity index (χ1) is 14.6. The number of hydrogen-bond acceptors (Lipinski definition) is 4. The zero-order chi connectivity index (χ0) is 23.0. The number of anilines is 2. The number of amides is 1. The molecule has 1 amide bonds. The number of hydrogen-bond donors (Lipinski definition) is 1. The predicted octanol–water partition coefficient (Wildman–Crippen LogP) is 4.66. The molecular formula is C25H35N3O3. The van der Waals surface area contributed by atoms with Crippen LogP contribution in [0.2, 0.25) is 0 Å². The Labute approximate surface area is 185 Å². The van der Waals surface area contributed by atoms with E-state index < -0.39 is 5.97 Å². The van der Waals surface area contributed by atoms with E-state index in [1.165, 1.54) is 18.2 Å². The average Bonchev–Trinajstić information content (AvgIpc) is 3.14. The number of fused-ring (bicyclic) bond motifs is 1. The highest BCUT2D eigenvalue weighted by molar-refractivity contribution is 6.03. The summed E-state index contributed by atoms with van der Waals surface area (Å²) in [6.07, 6.45) is 4.89. The number of rotatable bonds is 6. The summed E-state index contributed by atoms with van der Waals surface area (Å²) >= 11 is 0. The van der Waals surface area contributed by atoms with Gasteiger partial charge in [0.2, 0.25) is 5.91 Å². The van der Waals surface area contributed by atoms with Gasteiger partial charge in [-0.05, 0) is 59.4 Å². The Balaban J connectivity index is 2.16. The van der Waals surface area contributed by atoms with Crippen LogP contribution in [0.15, 0.2) is 30.5 Å². The highest BCUT2D eigenvalue weighted by Gasteiger charge is 2.37. The summed E-state index contributed by atoms with van der Waals surface area (Å²) in [6, 6.07) is 7.97. The molecule has 0 saturated carbocycles. The van der Waals surface area contributed by atoms with Gasteiger partial charge in [0, 0.05) is 18.4 Å². The Bertz CT molecular complexity index is 988. The van der Waals surface area contributed by atoms with Crippen LogP contribution in [0.25, 0.3) is 0 Å². The lowest BCUT2D eigenvalue weighted by Gasteiger charge is -2.42. The number of methoxy groups -OCH3 is 1. The van der Waals surface area contributed by atoms with Gasteiger partial charge in [-0.25, -0.2) is 4.79 Å². The van der Waals surface area contributed by atoms with Gasteiger partial charge in [-0.1, -0.05) is 40.7 Å². The smallest absolute Gasteiger partial charge is 0.354 e. The number of carbonyl (C=O) groups excluding carboxylic acids is 2. The predicted molar refractivity (Wildman–Crippen MR) is 124 cm³/mol. The van der Waals surface area contributed by atoms with Crippen molar-refractivity contribution in [2.45, 2.75) is 71.3 Å². The van der Waals surface area contributed by atoms with Crippen LogP contribution in [0.4, 0.5) is 11.4 Å². The van der Waals surface area contributed by atoms with Gasteiger partial charge in [0.15, 0.2) is 0 Å². The van der Waals surface area contributed by atoms with Crippen molar-refractivity contribution in [2.24, 2.45) is 5.73 Å². The Morgan fingerprint density at radius 2 is 1.71 bits per heavy atom. The Morgan fingerprint density at radius 3 is 2.29 bits per heavy atom. The zero-order valence-electron chi connectivity index (χ0n) is 19.6. The quantitative estimate of drug-likeness (QED) is 0.683. The molecule has 1 aliphatic carbocycles. The first kappa shape index (κ1) is 23.1. The molecule has 0 spiro atoms. The maximum atomic E-state index is 13.0. The zero-order valence-corrected chi connectivity index (χ0v) is 19.6. The van der Waals surface area contributed by atoms with Crippen molar-refractivity contribution in [1.82, 2.24) is 4.57 Å². The molecule has 1 aromatic carbocycles. The largest absolute Gasteiger partial charge is 0.464 e. The van der Waals surface area contributed by atoms with E-state index in [1.54, 1.807) is 11.0 Å². The second kappa shape index (κ2) is 8.50. The van der Waals surface area contributed by atoms with Crippen molar-refractivity contribution in [1.29, 1.82) is 0 Å². The topological polar surface area (TPSA) is 77.6 Å². The van der Waals surface area contributed by atoms with E-state index >= 15 is 0 Å². The second-order valence-corrected chi connectivity index (χ2v) is 9.70. The van der Waals surface area contributed by atoms with E-state index in [9.17, 15) is 9.59 Å². The van der Waals surface area contributed by atoms with Gasteiger partial charge >= 0.3 is 5.97 Å². The molecule has 1 aromatic heterocycles. The number of esters is 1. The molecule has 1 aliphatic rings. The SMILES string of the molecule is CCCn1cc(N(C(=O)CN)c2ccc3c(c2)C(C)(C)CCC3(C)C)cc1C(=O)OC. The maximum Gasteiger partial charge on any atom is 0.354 e. The molecule has 2 aromatic rings. The van der Waals surface area contributed by atoms with Crippen molar-refractivity contribution in [2.75, 3.05) is 18.6 Å². The maximum absolute atomic E-state index is 13.0. The van der Waals surface area contributed by atoms with Gasteiger partial charge in [-0.3, -0.25) is 9.69 Å². The molecule has 0 atom stereocenters. The van der Waals surface area contributed by atoms with Crippen LogP contribution in [-0.2, 0) is 26.9 Å². The second-order valence-electron chi connectivity index (χ2n) is 9.70. The van der Waals surface area contributed by atoms with E-state index in [2.05, 4.69) is 39.8 Å². The van der Waals surface area contributed by atoms with Crippen LogP contribution < -0.4 is 10.6 Å². The number of aryl methyl sites for hydroxylation is 1. The minimum absolute atomic E-state index is 0.0175. The molecule has 0 saturated heterocycles. The molecule has 31 heavy (non-hydrogen) atoms. The van der Waals surface area contributed by atoms with E-state index in [4.69, 9.17) is 10.5 Å². The first-order valence-electron chi connectivity index (χ1n) is 11.0. The van der Waals surface area contributed by atoms with E-state index in [1.807, 2.05) is 23.8 Å². The van der Waals surface area contributed by atoms with Gasteiger partial charge in [-0.2, -0.15) is 0 Å². The minimum atomic E-state index is -0.423. The lowest BCUT2D eigenvalue weighted by molar-refractivity contribution is -0.116. The number of aromatic nitrogens is 1. The third kappa shape index (κ3) is 4.26. The fraction of sp³-hybridized carbons (Fsp3) is 0.520. The van der Waals surface area contributed by atoms with Gasteiger partial charge in [0.25, 0.3) is 0 Å². The molecule has 0 radical (unpaired) electrons. The highest BCUT2D eigenvalue weighted by Crippen LogP contribution is 2.47. The van der Waals surface area contributed by atoms with Crippen LogP contribution in [0.1, 0.15) is 75.5 Å². The third-order valence-corrected chi connectivity index (χ3v) is 6.52. The van der Waals surface area contributed by atoms with Gasteiger partial charge < -0.3 is 15.0 Å². The first-order valence-corrected chi connectivity index (χ1v) is 11.0. The molecule has 0 bridgehead atoms. The molecular weight excluding hydrogens is 390 g/mol. The standard InChI is InChI=1S/C25H35N3O3/c1-7-12-27-16-18(14-21(27)23(30)31-6)28(22(29)15-26)17-8-9-19-20(13-17)25(4,5)11-10-24(19,2)3/h8-9,13-14,16H,7,10-12,15,26H2,1-6H3. The van der Waals surface area contributed by atoms with Crippen molar-refractivity contribution in [3.63, 3.8) is 0 Å². The van der Waals surface area contributed by atoms with Crippen LogP contribution in [0.3, 0.4) is 0 Å². The van der Waals surface area contributed by atoms with Crippen LogP contribution >= 0.6 is 0 Å². The number of nitrogens with zero attached hydrogens (tertiary/aromatic N) is 2. The van der Waals surface area contributed by atoms with Crippen molar-refractivity contribution >= 4 is 23.3 Å². The molecule has 0 unspecified atom stereocenters. The Kier molecular flexibility index (Phi) is 6.33. The van der Waals surface area contributed by atoms with Crippen LogP contribution in [0.5, 0.6) is 0 Å². The normalized spacial score (nSPS) is 16.5. The third-order valence-electron chi connectivity index (χ3n) is 6.52. The monoisotopic (exact) mass is 425 g/mol. The number of nitrogens with two attached hydrogens (primary N) is 1. The van der Waals surface area contributed by atoms with Crippen LogP contribution in [-0.4, -0.2) is 30.1 Å². The van der Waals surface area contributed by atoms with Crippen molar-refractivity contribution in [3.8, 4) is 0 Å². The van der Waals surface area contributed by atoms with Gasteiger partial charge in [0.1, 0.15) is 5.69 Å². The van der Waals surface area contributed by atoms with Crippen LogP contribution in [0, 0.1) is 0 Å². The molecule has 3 rings (SSSR count). The van der Waals surface area contributed by atoms with E-state index in [-0.39, 0.29) is 23.3 Å². The van der Waals surface area contributed by atoms with Gasteiger partial charge in [-0.15, -0.1) is 0 Å². The summed E-state index contributed by atoms with van der Waals surface area (Å²) in [6.45, 7) is 11.6. The van der Waals surface area contributed by atoms with Gasteiger partial charge in [0.05, 0.1) is 19.3 Å². The summed E-state index contributed by atoms with van der Waals surface area (Å²) < 4.78 is 6.78. The highest BCUT2D eigenvalue weighted by atomic mass is 16.5. The number of carbonyl (C=O) groups is 2. The molecule has 168 valence electrons. The Hall–Kier alpha value is -2.60. The van der Waals surface area contributed by atoms with Crippen molar-refractivity contribution < 1.29 is 14.3 Å². The minimum Gasteiger partial charge on any atom is -0.464 e. The van der Waals surface area contributed by atoms with E-state index in [0.29, 0.717) is 17.9 Å². The molecule has 1 heterocycles. The summed E-state index contributed by atoms with van der Waals surface area (Å²) in [5, 5.41) is 0. The van der Waals surface area contributed by atoms with E-state index in [0.717, 1.165) is 24.9 Å². The summed E-state index contributed by atoms with van der Waals surface area (Å²) in [5.41, 5.74) is 10.3. The summed E-state index contributed by atoms with van der Waals surface area (Å²) in [5.74, 6) is -0.647. The van der Waals surface area contributed by atoms with Crippen molar-refractivity contribution in [3.05, 3.63) is 47.3 Å². The fourth-order valence-electron chi connectivity index (χ4n) is 4.56. The molecule has 6 heteroatoms. The summed E-state index contributed by atoms with van der Waals surface area (Å²) in [4.78, 5) is 26.9. The molecule has 2 N–H and O–H groups in total. The molecule has 6 nitrogen and oxygen atoms in total. The lowest BCUT2D eigenvalue weighted by atomic mass is 9.63. The fourth-order valence-corrected chi connectivity index (χ4v) is 4.56. The molecule has 0 fully saturated rings. The lowest BCUT2D eigenvalue weighted by Crippen LogP contribution is -2.35. The number of benzene rings is 1. The Morgan fingerprint density at radius 1 is 1.06 bits per heavy atom. The average molecular weight is 426 g/mol. The number of ether oxygens (including phenoxy) is 1. The summed E-state index contributed by atoms with van der Waals surface area (Å²) in [7, 11) is 1.36.